The predicted octanol–water partition coefficient (Wildman–Crippen LogP) is 3.72. The number of rotatable bonds is 6. The van der Waals surface area contributed by atoms with E-state index >= 15 is 0 Å². The average Bonchev–Trinajstić information content (AvgIpc) is 2.66. The van der Waals surface area contributed by atoms with Crippen LogP contribution < -0.4 is 10.1 Å². The lowest BCUT2D eigenvalue weighted by molar-refractivity contribution is -0.136. The van der Waals surface area contributed by atoms with Crippen LogP contribution in [0, 0.1) is 0 Å². The van der Waals surface area contributed by atoms with Gasteiger partial charge in [-0.2, -0.15) is 0 Å². The predicted molar refractivity (Wildman–Crippen MR) is 101 cm³/mol. The molecule has 5 nitrogen and oxygen atoms in total. The van der Waals surface area contributed by atoms with Crippen LogP contribution in [-0.2, 0) is 9.53 Å². The van der Waals surface area contributed by atoms with Crippen LogP contribution in [0.15, 0.2) is 54.1 Å². The Kier molecular flexibility index (Phi) is 6.81. The van der Waals surface area contributed by atoms with E-state index in [1.807, 2.05) is 6.07 Å². The van der Waals surface area contributed by atoms with E-state index in [2.05, 4.69) is 5.32 Å². The summed E-state index contributed by atoms with van der Waals surface area (Å²) in [7, 11) is 2.82. The van der Waals surface area contributed by atoms with Gasteiger partial charge in [0.15, 0.2) is 0 Å². The number of carbonyl (C=O) groups excluding carboxylic acids is 2. The molecule has 6 heteroatoms. The summed E-state index contributed by atoms with van der Waals surface area (Å²) in [5.74, 6) is -0.281. The molecule has 1 N–H and O–H groups in total. The van der Waals surface area contributed by atoms with Crippen LogP contribution in [0.4, 0.5) is 0 Å². The second-order valence-electron chi connectivity index (χ2n) is 5.54. The largest absolute Gasteiger partial charge is 0.496 e. The van der Waals surface area contributed by atoms with Gasteiger partial charge in [0, 0.05) is 16.1 Å². The smallest absolute Gasteiger partial charge is 0.335 e. The monoisotopic (exact) mass is 373 g/mol. The molecule has 1 atom stereocenters. The molecule has 136 valence electrons. The summed E-state index contributed by atoms with van der Waals surface area (Å²) in [6.07, 6.45) is 1.60. The summed E-state index contributed by atoms with van der Waals surface area (Å²) < 4.78 is 10.2. The van der Waals surface area contributed by atoms with E-state index in [4.69, 9.17) is 21.1 Å². The number of halogens is 1. The highest BCUT2D eigenvalue weighted by Crippen LogP contribution is 2.26. The lowest BCUT2D eigenvalue weighted by Crippen LogP contribution is -2.36. The number of benzene rings is 2. The third kappa shape index (κ3) is 4.86. The maximum absolute atomic E-state index is 12.4. The zero-order valence-electron chi connectivity index (χ0n) is 14.8. The highest BCUT2D eigenvalue weighted by Gasteiger charge is 2.21. The minimum atomic E-state index is -0.584. The van der Waals surface area contributed by atoms with Crippen molar-refractivity contribution < 1.29 is 19.1 Å². The Bertz CT molecular complexity index is 818. The summed E-state index contributed by atoms with van der Waals surface area (Å²) in [6, 6.07) is 13.2. The number of hydrogen-bond acceptors (Lipinski definition) is 4. The van der Waals surface area contributed by atoms with Crippen LogP contribution in [0.2, 0.25) is 5.02 Å². The fourth-order valence-corrected chi connectivity index (χ4v) is 2.59. The molecule has 0 aliphatic carbocycles. The SMILES string of the molecule is COC(=O)/C(=C/c1cc(Cl)ccc1OC)C(C)NC(=O)c1ccccc1. The van der Waals surface area contributed by atoms with Crippen LogP contribution in [0.3, 0.4) is 0 Å². The molecule has 0 bridgehead atoms. The van der Waals surface area contributed by atoms with Gasteiger partial charge in [0.1, 0.15) is 5.75 Å². The average molecular weight is 374 g/mol. The molecule has 1 amide bonds. The van der Waals surface area contributed by atoms with Crippen molar-refractivity contribution in [2.75, 3.05) is 14.2 Å². The molecule has 0 aliphatic heterocycles. The van der Waals surface area contributed by atoms with Gasteiger partial charge in [0.25, 0.3) is 5.91 Å². The van der Waals surface area contributed by atoms with Crippen molar-refractivity contribution in [3.05, 3.63) is 70.3 Å². The normalized spacial score (nSPS) is 12.2. The van der Waals surface area contributed by atoms with Crippen molar-refractivity contribution in [2.45, 2.75) is 13.0 Å². The minimum Gasteiger partial charge on any atom is -0.496 e. The van der Waals surface area contributed by atoms with Crippen molar-refractivity contribution in [3.63, 3.8) is 0 Å². The van der Waals surface area contributed by atoms with E-state index in [1.165, 1.54) is 14.2 Å². The number of carbonyl (C=O) groups is 2. The molecule has 2 rings (SSSR count). The molecule has 0 heterocycles. The van der Waals surface area contributed by atoms with Crippen LogP contribution in [0.1, 0.15) is 22.8 Å². The minimum absolute atomic E-state index is 0.275. The quantitative estimate of drug-likeness (QED) is 0.619. The first-order valence-corrected chi connectivity index (χ1v) is 8.33. The highest BCUT2D eigenvalue weighted by atomic mass is 35.5. The molecule has 2 aromatic carbocycles. The van der Waals surface area contributed by atoms with Crippen molar-refractivity contribution in [3.8, 4) is 5.75 Å². The van der Waals surface area contributed by atoms with Crippen molar-refractivity contribution in [1.82, 2.24) is 5.32 Å². The van der Waals surface area contributed by atoms with Gasteiger partial charge in [-0.25, -0.2) is 4.79 Å². The third-order valence-electron chi connectivity index (χ3n) is 3.77. The molecule has 2 aromatic rings. The topological polar surface area (TPSA) is 64.6 Å². The van der Waals surface area contributed by atoms with E-state index in [9.17, 15) is 9.59 Å². The molecule has 0 aromatic heterocycles. The van der Waals surface area contributed by atoms with Gasteiger partial charge in [-0.3, -0.25) is 4.79 Å². The fraction of sp³-hybridized carbons (Fsp3) is 0.200. The zero-order valence-corrected chi connectivity index (χ0v) is 15.5. The number of nitrogens with one attached hydrogen (secondary N) is 1. The van der Waals surface area contributed by atoms with Gasteiger partial charge in [-0.05, 0) is 43.3 Å². The van der Waals surface area contributed by atoms with Crippen molar-refractivity contribution in [1.29, 1.82) is 0 Å². The number of hydrogen-bond donors (Lipinski definition) is 1. The zero-order chi connectivity index (χ0) is 19.1. The second kappa shape index (κ2) is 9.06. The molecule has 0 saturated heterocycles. The summed E-state index contributed by atoms with van der Waals surface area (Å²) >= 11 is 6.04. The van der Waals surface area contributed by atoms with Gasteiger partial charge in [-0.1, -0.05) is 29.8 Å². The number of amides is 1. The maximum Gasteiger partial charge on any atom is 0.335 e. The molecule has 26 heavy (non-hydrogen) atoms. The Morgan fingerprint density at radius 2 is 1.81 bits per heavy atom. The molecule has 0 radical (unpaired) electrons. The van der Waals surface area contributed by atoms with E-state index in [1.54, 1.807) is 55.5 Å². The van der Waals surface area contributed by atoms with E-state index in [0.717, 1.165) is 0 Å². The van der Waals surface area contributed by atoms with E-state index in [-0.39, 0.29) is 11.5 Å². The number of ether oxygens (including phenoxy) is 2. The first-order valence-electron chi connectivity index (χ1n) is 7.95. The molecule has 1 unspecified atom stereocenters. The van der Waals surface area contributed by atoms with Crippen LogP contribution in [-0.4, -0.2) is 32.1 Å². The Morgan fingerprint density at radius 3 is 2.42 bits per heavy atom. The third-order valence-corrected chi connectivity index (χ3v) is 4.01. The molecular formula is C20H20ClNO4. The lowest BCUT2D eigenvalue weighted by Gasteiger charge is -2.17. The van der Waals surface area contributed by atoms with Gasteiger partial charge in [-0.15, -0.1) is 0 Å². The summed E-state index contributed by atoms with van der Waals surface area (Å²) in [5.41, 5.74) is 1.39. The molecule has 0 fully saturated rings. The lowest BCUT2D eigenvalue weighted by atomic mass is 10.0. The molecular weight excluding hydrogens is 354 g/mol. The Labute approximate surface area is 157 Å². The van der Waals surface area contributed by atoms with Crippen LogP contribution >= 0.6 is 11.6 Å². The highest BCUT2D eigenvalue weighted by molar-refractivity contribution is 6.30. The van der Waals surface area contributed by atoms with Gasteiger partial charge in [0.05, 0.1) is 25.8 Å². The first-order chi connectivity index (χ1) is 12.5. The van der Waals surface area contributed by atoms with Crippen LogP contribution in [0.25, 0.3) is 6.08 Å². The summed E-state index contributed by atoms with van der Waals surface area (Å²) in [4.78, 5) is 24.6. The Balaban J connectivity index is 2.34. The Morgan fingerprint density at radius 1 is 1.12 bits per heavy atom. The molecule has 0 aliphatic rings. The molecule has 0 saturated carbocycles. The van der Waals surface area contributed by atoms with Crippen molar-refractivity contribution in [2.24, 2.45) is 0 Å². The van der Waals surface area contributed by atoms with E-state index < -0.39 is 12.0 Å². The summed E-state index contributed by atoms with van der Waals surface area (Å²) in [6.45, 7) is 1.71. The van der Waals surface area contributed by atoms with Crippen LogP contribution in [0.5, 0.6) is 5.75 Å². The number of methoxy groups -OCH3 is 2. The Hall–Kier alpha value is -2.79. The number of esters is 1. The fourth-order valence-electron chi connectivity index (χ4n) is 2.41. The molecule has 0 spiro atoms. The standard InChI is InChI=1S/C20H20ClNO4/c1-13(22-19(23)14-7-5-4-6-8-14)17(20(24)26-3)12-15-11-16(21)9-10-18(15)25-2/h4-13H,1-3H3,(H,22,23)/b17-12+. The summed E-state index contributed by atoms with van der Waals surface area (Å²) in [5, 5.41) is 3.30. The van der Waals surface area contributed by atoms with Gasteiger partial charge >= 0.3 is 5.97 Å². The van der Waals surface area contributed by atoms with Gasteiger partial charge in [0.2, 0.25) is 0 Å². The maximum atomic E-state index is 12.4. The van der Waals surface area contributed by atoms with Gasteiger partial charge < -0.3 is 14.8 Å². The van der Waals surface area contributed by atoms with Crippen molar-refractivity contribution >= 4 is 29.6 Å². The van der Waals surface area contributed by atoms with E-state index in [0.29, 0.717) is 21.9 Å². The first kappa shape index (κ1) is 19.5. The second-order valence-corrected chi connectivity index (χ2v) is 5.98.